The molecule has 1 aromatic rings. The van der Waals surface area contributed by atoms with E-state index >= 15 is 0 Å². The van der Waals surface area contributed by atoms with Crippen molar-refractivity contribution in [3.63, 3.8) is 0 Å². The summed E-state index contributed by atoms with van der Waals surface area (Å²) in [6.45, 7) is 4.25. The zero-order chi connectivity index (χ0) is 7.40. The van der Waals surface area contributed by atoms with E-state index < -0.39 is 0 Å². The fraction of sp³-hybridized carbons (Fsp3) is 0.300. The van der Waals surface area contributed by atoms with E-state index in [9.17, 15) is 0 Å². The zero-order valence-corrected chi connectivity index (χ0v) is 9.88. The van der Waals surface area contributed by atoms with E-state index in [4.69, 9.17) is 0 Å². The standard InChI is InChI=1S/C10H12.Y/c1-3-9(2)10-7-5-4-6-8-10;/h3-7,9H,1-2H3;/q-2;/t9-;/m1./s1. The van der Waals surface area contributed by atoms with Crippen LogP contribution in [0, 0.1) is 12.5 Å². The largest absolute Gasteiger partial charge is 0.326 e. The molecule has 1 heteroatoms. The zero-order valence-electron chi connectivity index (χ0n) is 7.04. The molecule has 0 heterocycles. The van der Waals surface area contributed by atoms with Gasteiger partial charge >= 0.3 is 0 Å². The molecule has 1 rings (SSSR count). The second-order valence-corrected chi connectivity index (χ2v) is 2.44. The van der Waals surface area contributed by atoms with Crippen LogP contribution < -0.4 is 0 Å². The van der Waals surface area contributed by atoms with Gasteiger partial charge in [0.2, 0.25) is 0 Å². The summed E-state index contributed by atoms with van der Waals surface area (Å²) < 4.78 is 0. The molecule has 1 atom stereocenters. The first-order valence-corrected chi connectivity index (χ1v) is 3.60. The smallest absolute Gasteiger partial charge is 0 e. The molecule has 0 saturated heterocycles. The van der Waals surface area contributed by atoms with Gasteiger partial charge in [0.1, 0.15) is 0 Å². The average molecular weight is 221 g/mol. The van der Waals surface area contributed by atoms with Crippen molar-refractivity contribution in [2.75, 3.05) is 0 Å². The van der Waals surface area contributed by atoms with Crippen LogP contribution in [0.5, 0.6) is 0 Å². The second-order valence-electron chi connectivity index (χ2n) is 2.44. The van der Waals surface area contributed by atoms with Gasteiger partial charge in [-0.25, -0.2) is 0 Å². The first-order valence-electron chi connectivity index (χ1n) is 3.60. The quantitative estimate of drug-likeness (QED) is 0.673. The summed E-state index contributed by atoms with van der Waals surface area (Å²) >= 11 is 0. The summed E-state index contributed by atoms with van der Waals surface area (Å²) in [6, 6.07) is 11.3. The minimum Gasteiger partial charge on any atom is -0.326 e. The van der Waals surface area contributed by atoms with E-state index in [1.165, 1.54) is 5.56 Å². The van der Waals surface area contributed by atoms with E-state index in [0.29, 0.717) is 5.92 Å². The Bertz CT molecular complexity index is 181. The monoisotopic (exact) mass is 221 g/mol. The topological polar surface area (TPSA) is 0 Å². The van der Waals surface area contributed by atoms with Crippen molar-refractivity contribution in [3.05, 3.63) is 42.3 Å². The summed E-state index contributed by atoms with van der Waals surface area (Å²) in [5.41, 5.74) is 1.27. The van der Waals surface area contributed by atoms with E-state index in [1.54, 1.807) is 0 Å². The first-order chi connectivity index (χ1) is 4.84. The Hall–Kier alpha value is 0.324. The number of hydrogen-bond donors (Lipinski definition) is 0. The van der Waals surface area contributed by atoms with Gasteiger partial charge in [0, 0.05) is 32.7 Å². The molecule has 1 aromatic carbocycles. The van der Waals surface area contributed by atoms with Crippen LogP contribution in [0.3, 0.4) is 0 Å². The molecule has 1 radical (unpaired) electrons. The fourth-order valence-corrected chi connectivity index (χ4v) is 0.870. The van der Waals surface area contributed by atoms with Crippen LogP contribution in [0.25, 0.3) is 0 Å². The number of benzene rings is 1. The summed E-state index contributed by atoms with van der Waals surface area (Å²) in [6.07, 6.45) is 2.17. The predicted octanol–water partition coefficient (Wildman–Crippen LogP) is 2.81. The molecule has 0 saturated carbocycles. The van der Waals surface area contributed by atoms with Gasteiger partial charge in [0.25, 0.3) is 0 Å². The van der Waals surface area contributed by atoms with Crippen LogP contribution >= 0.6 is 0 Å². The van der Waals surface area contributed by atoms with Gasteiger partial charge in [-0.1, -0.05) is 6.92 Å². The van der Waals surface area contributed by atoms with Crippen molar-refractivity contribution in [2.45, 2.75) is 19.8 Å². The van der Waals surface area contributed by atoms with Crippen LogP contribution in [0.15, 0.2) is 24.3 Å². The number of hydrogen-bond acceptors (Lipinski definition) is 0. The molecule has 0 unspecified atom stereocenters. The summed E-state index contributed by atoms with van der Waals surface area (Å²) in [5.74, 6) is 0.529. The van der Waals surface area contributed by atoms with Crippen molar-refractivity contribution < 1.29 is 32.7 Å². The Kier molecular flexibility index (Phi) is 6.08. The van der Waals surface area contributed by atoms with Crippen LogP contribution in [0.1, 0.15) is 25.3 Å². The first kappa shape index (κ1) is 11.3. The van der Waals surface area contributed by atoms with E-state index in [1.807, 2.05) is 18.2 Å². The molecular weight excluding hydrogens is 209 g/mol. The maximum Gasteiger partial charge on any atom is 0 e. The average Bonchev–Trinajstić information content (AvgIpc) is 2.05. The third kappa shape index (κ3) is 3.49. The van der Waals surface area contributed by atoms with Gasteiger partial charge in [0.05, 0.1) is 0 Å². The molecule has 0 aliphatic rings. The van der Waals surface area contributed by atoms with Crippen molar-refractivity contribution in [1.29, 1.82) is 0 Å². The Morgan fingerprint density at radius 3 is 2.64 bits per heavy atom. The van der Waals surface area contributed by atoms with Gasteiger partial charge in [-0.3, -0.25) is 0 Å². The van der Waals surface area contributed by atoms with Crippen molar-refractivity contribution in [1.82, 2.24) is 0 Å². The Morgan fingerprint density at radius 1 is 1.45 bits per heavy atom. The van der Waals surface area contributed by atoms with E-state index in [-0.39, 0.29) is 32.7 Å². The molecule has 0 nitrogen and oxygen atoms in total. The molecule has 0 amide bonds. The second kappa shape index (κ2) is 5.91. The molecule has 0 spiro atoms. The van der Waals surface area contributed by atoms with E-state index in [0.717, 1.165) is 0 Å². The van der Waals surface area contributed by atoms with Crippen molar-refractivity contribution >= 4 is 0 Å². The van der Waals surface area contributed by atoms with Gasteiger partial charge in [-0.05, 0) is 0 Å². The van der Waals surface area contributed by atoms with Crippen LogP contribution in [-0.2, 0) is 32.7 Å². The van der Waals surface area contributed by atoms with Gasteiger partial charge in [0.15, 0.2) is 0 Å². The molecule has 11 heavy (non-hydrogen) atoms. The molecule has 0 aliphatic heterocycles. The molecule has 0 N–H and O–H groups in total. The fourth-order valence-electron chi connectivity index (χ4n) is 0.870. The Balaban J connectivity index is 0.000001000. The van der Waals surface area contributed by atoms with Crippen molar-refractivity contribution in [3.8, 4) is 0 Å². The normalized spacial score (nSPS) is 11.8. The van der Waals surface area contributed by atoms with Gasteiger partial charge < -0.3 is 6.42 Å². The molecular formula is C10H12Y-2. The minimum absolute atomic E-state index is 0. The summed E-state index contributed by atoms with van der Waals surface area (Å²) in [5, 5.41) is 0. The predicted molar refractivity (Wildman–Crippen MR) is 43.7 cm³/mol. The van der Waals surface area contributed by atoms with Crippen molar-refractivity contribution in [2.24, 2.45) is 0 Å². The van der Waals surface area contributed by atoms with Gasteiger partial charge in [-0.2, -0.15) is 48.7 Å². The Morgan fingerprint density at radius 2 is 2.18 bits per heavy atom. The van der Waals surface area contributed by atoms with E-state index in [2.05, 4.69) is 32.4 Å². The maximum atomic E-state index is 3.19. The molecule has 0 aliphatic carbocycles. The Labute approximate surface area is 94.3 Å². The summed E-state index contributed by atoms with van der Waals surface area (Å²) in [7, 11) is 0. The van der Waals surface area contributed by atoms with Gasteiger partial charge in [-0.15, -0.1) is 0 Å². The summed E-state index contributed by atoms with van der Waals surface area (Å²) in [4.78, 5) is 0. The van der Waals surface area contributed by atoms with Crippen LogP contribution in [-0.4, -0.2) is 0 Å². The molecule has 0 fully saturated rings. The molecule has 0 bridgehead atoms. The molecule has 57 valence electrons. The third-order valence-electron chi connectivity index (χ3n) is 1.72. The van der Waals surface area contributed by atoms with Crippen LogP contribution in [0.2, 0.25) is 0 Å². The molecule has 0 aromatic heterocycles. The SMILES string of the molecule is C[CH-][C@@H](C)c1[c-]cccc1.[Y]. The minimum atomic E-state index is 0. The number of rotatable bonds is 2. The third-order valence-corrected chi connectivity index (χ3v) is 1.72. The maximum absolute atomic E-state index is 3.19. The van der Waals surface area contributed by atoms with Crippen LogP contribution in [0.4, 0.5) is 0 Å².